The molecule has 0 bridgehead atoms. The van der Waals surface area contributed by atoms with E-state index in [1.807, 2.05) is 0 Å². The van der Waals surface area contributed by atoms with Gasteiger partial charge in [-0.15, -0.1) is 0 Å². The standard InChI is InChI=1S/C16H20N4O3S/c1-11(21)18-12-6-8-13(9-7-12)24(22,23)17-10-16-19-14-4-2-3-5-15(14)20-16/h6-9,17H,2-5,10H2,1H3,(H,18,21)(H,19,20). The summed E-state index contributed by atoms with van der Waals surface area (Å²) < 4.78 is 27.2. The zero-order valence-electron chi connectivity index (χ0n) is 13.4. The lowest BCUT2D eigenvalue weighted by Crippen LogP contribution is -2.23. The normalized spacial score (nSPS) is 14.2. The Balaban J connectivity index is 1.67. The zero-order valence-corrected chi connectivity index (χ0v) is 14.2. The first-order chi connectivity index (χ1) is 11.4. The molecule has 8 heteroatoms. The molecule has 0 unspecified atom stereocenters. The summed E-state index contributed by atoms with van der Waals surface area (Å²) in [7, 11) is -3.63. The fourth-order valence-corrected chi connectivity index (χ4v) is 3.75. The van der Waals surface area contributed by atoms with E-state index in [-0.39, 0.29) is 17.3 Å². The Bertz CT molecular complexity index is 817. The molecule has 0 aliphatic heterocycles. The summed E-state index contributed by atoms with van der Waals surface area (Å²) in [6.45, 7) is 1.53. The van der Waals surface area contributed by atoms with E-state index in [0.717, 1.165) is 37.1 Å². The number of sulfonamides is 1. The topological polar surface area (TPSA) is 104 Å². The number of hydrogen-bond acceptors (Lipinski definition) is 4. The van der Waals surface area contributed by atoms with Gasteiger partial charge in [-0.1, -0.05) is 0 Å². The molecule has 3 rings (SSSR count). The molecule has 1 heterocycles. The van der Waals surface area contributed by atoms with Crippen LogP contribution in [0.1, 0.15) is 37.0 Å². The van der Waals surface area contributed by atoms with Gasteiger partial charge in [0.1, 0.15) is 5.82 Å². The average Bonchev–Trinajstić information content (AvgIpc) is 2.96. The molecule has 128 valence electrons. The summed E-state index contributed by atoms with van der Waals surface area (Å²) in [5.41, 5.74) is 2.73. The van der Waals surface area contributed by atoms with E-state index in [1.54, 1.807) is 12.1 Å². The van der Waals surface area contributed by atoms with Gasteiger partial charge in [0.25, 0.3) is 0 Å². The molecule has 1 aromatic heterocycles. The van der Waals surface area contributed by atoms with Crippen LogP contribution in [0.15, 0.2) is 29.2 Å². The van der Waals surface area contributed by atoms with Crippen molar-refractivity contribution >= 4 is 21.6 Å². The SMILES string of the molecule is CC(=O)Nc1ccc(S(=O)(=O)NCc2nc3c([nH]2)CCCC3)cc1. The third kappa shape index (κ3) is 3.82. The Morgan fingerprint density at radius 3 is 2.58 bits per heavy atom. The van der Waals surface area contributed by atoms with Gasteiger partial charge in [0, 0.05) is 18.3 Å². The highest BCUT2D eigenvalue weighted by Gasteiger charge is 2.17. The molecule has 24 heavy (non-hydrogen) atoms. The number of hydrogen-bond donors (Lipinski definition) is 3. The van der Waals surface area contributed by atoms with Crippen LogP contribution in [0.3, 0.4) is 0 Å². The molecule has 1 aromatic carbocycles. The van der Waals surface area contributed by atoms with Gasteiger partial charge < -0.3 is 10.3 Å². The molecule has 0 saturated heterocycles. The second kappa shape index (κ2) is 6.74. The van der Waals surface area contributed by atoms with Gasteiger partial charge in [-0.3, -0.25) is 4.79 Å². The Labute approximate surface area is 140 Å². The highest BCUT2D eigenvalue weighted by molar-refractivity contribution is 7.89. The molecular formula is C16H20N4O3S. The Kier molecular flexibility index (Phi) is 4.68. The van der Waals surface area contributed by atoms with Crippen LogP contribution in [0.5, 0.6) is 0 Å². The second-order valence-corrected chi connectivity index (χ2v) is 7.61. The summed E-state index contributed by atoms with van der Waals surface area (Å²) in [4.78, 5) is 18.8. The number of anilines is 1. The summed E-state index contributed by atoms with van der Waals surface area (Å²) in [6.07, 6.45) is 4.19. The largest absolute Gasteiger partial charge is 0.345 e. The van der Waals surface area contributed by atoms with Crippen molar-refractivity contribution in [2.45, 2.75) is 44.0 Å². The molecular weight excluding hydrogens is 328 g/mol. The lowest BCUT2D eigenvalue weighted by atomic mass is 10.0. The van der Waals surface area contributed by atoms with E-state index in [9.17, 15) is 13.2 Å². The van der Waals surface area contributed by atoms with E-state index >= 15 is 0 Å². The first kappa shape index (κ1) is 16.7. The number of carbonyl (C=O) groups is 1. The van der Waals surface area contributed by atoms with Gasteiger partial charge in [-0.05, 0) is 49.9 Å². The highest BCUT2D eigenvalue weighted by Crippen LogP contribution is 2.19. The highest BCUT2D eigenvalue weighted by atomic mass is 32.2. The van der Waals surface area contributed by atoms with Crippen LogP contribution in [-0.2, 0) is 34.2 Å². The number of H-pyrrole nitrogens is 1. The van der Waals surface area contributed by atoms with Crippen LogP contribution < -0.4 is 10.0 Å². The number of nitrogens with one attached hydrogen (secondary N) is 3. The van der Waals surface area contributed by atoms with Gasteiger partial charge in [0.2, 0.25) is 15.9 Å². The third-order valence-corrected chi connectivity index (χ3v) is 5.34. The lowest BCUT2D eigenvalue weighted by molar-refractivity contribution is -0.114. The fourth-order valence-electron chi connectivity index (χ4n) is 2.76. The van der Waals surface area contributed by atoms with E-state index in [2.05, 4.69) is 20.0 Å². The average molecular weight is 348 g/mol. The van der Waals surface area contributed by atoms with Crippen LogP contribution in [0.2, 0.25) is 0 Å². The van der Waals surface area contributed by atoms with Crippen molar-refractivity contribution < 1.29 is 13.2 Å². The van der Waals surface area contributed by atoms with Crippen molar-refractivity contribution in [3.05, 3.63) is 41.5 Å². The van der Waals surface area contributed by atoms with Crippen LogP contribution >= 0.6 is 0 Å². The van der Waals surface area contributed by atoms with E-state index in [1.165, 1.54) is 19.1 Å². The van der Waals surface area contributed by atoms with Gasteiger partial charge in [0.15, 0.2) is 0 Å². The van der Waals surface area contributed by atoms with E-state index < -0.39 is 10.0 Å². The summed E-state index contributed by atoms with van der Waals surface area (Å²) in [5, 5.41) is 2.60. The molecule has 2 aromatic rings. The molecule has 0 radical (unpaired) electrons. The number of rotatable bonds is 5. The molecule has 1 aliphatic rings. The minimum absolute atomic E-state index is 0.128. The number of amides is 1. The molecule has 1 amide bonds. The Hall–Kier alpha value is -2.19. The zero-order chi connectivity index (χ0) is 17.2. The minimum atomic E-state index is -3.63. The number of imidazole rings is 1. The number of aromatic amines is 1. The van der Waals surface area contributed by atoms with Crippen molar-refractivity contribution in [1.82, 2.24) is 14.7 Å². The first-order valence-electron chi connectivity index (χ1n) is 7.88. The van der Waals surface area contributed by atoms with E-state index in [0.29, 0.717) is 11.5 Å². The number of nitrogens with zero attached hydrogens (tertiary/aromatic N) is 1. The number of benzene rings is 1. The summed E-state index contributed by atoms with van der Waals surface area (Å²) in [6, 6.07) is 6.03. The van der Waals surface area contributed by atoms with Gasteiger partial charge in [-0.25, -0.2) is 18.1 Å². The second-order valence-electron chi connectivity index (χ2n) is 5.85. The van der Waals surface area contributed by atoms with Crippen molar-refractivity contribution in [2.75, 3.05) is 5.32 Å². The van der Waals surface area contributed by atoms with Crippen molar-refractivity contribution in [3.8, 4) is 0 Å². The summed E-state index contributed by atoms with van der Waals surface area (Å²) >= 11 is 0. The Morgan fingerprint density at radius 1 is 1.21 bits per heavy atom. The number of aryl methyl sites for hydroxylation is 2. The van der Waals surface area contributed by atoms with Crippen molar-refractivity contribution in [1.29, 1.82) is 0 Å². The maximum absolute atomic E-state index is 12.3. The van der Waals surface area contributed by atoms with Crippen molar-refractivity contribution in [2.24, 2.45) is 0 Å². The van der Waals surface area contributed by atoms with Crippen LogP contribution in [0.4, 0.5) is 5.69 Å². The molecule has 7 nitrogen and oxygen atoms in total. The Morgan fingerprint density at radius 2 is 1.92 bits per heavy atom. The van der Waals surface area contributed by atoms with Crippen molar-refractivity contribution in [3.63, 3.8) is 0 Å². The molecule has 1 aliphatic carbocycles. The monoisotopic (exact) mass is 348 g/mol. The lowest BCUT2D eigenvalue weighted by Gasteiger charge is -2.07. The summed E-state index contributed by atoms with van der Waals surface area (Å²) in [5.74, 6) is 0.436. The number of fused-ring (bicyclic) bond motifs is 1. The van der Waals surface area contributed by atoms with Gasteiger partial charge >= 0.3 is 0 Å². The molecule has 0 fully saturated rings. The number of aromatic nitrogens is 2. The smallest absolute Gasteiger partial charge is 0.240 e. The predicted octanol–water partition coefficient (Wildman–Crippen LogP) is 1.73. The maximum atomic E-state index is 12.3. The van der Waals surface area contributed by atoms with Crippen LogP contribution in [0, 0.1) is 0 Å². The van der Waals surface area contributed by atoms with E-state index in [4.69, 9.17) is 0 Å². The predicted molar refractivity (Wildman–Crippen MR) is 90.0 cm³/mol. The quantitative estimate of drug-likeness (QED) is 0.765. The van der Waals surface area contributed by atoms with Crippen LogP contribution in [-0.4, -0.2) is 24.3 Å². The minimum Gasteiger partial charge on any atom is -0.345 e. The third-order valence-electron chi connectivity index (χ3n) is 3.92. The molecule has 0 atom stereocenters. The first-order valence-corrected chi connectivity index (χ1v) is 9.36. The maximum Gasteiger partial charge on any atom is 0.240 e. The molecule has 0 saturated carbocycles. The van der Waals surface area contributed by atoms with Gasteiger partial charge in [0.05, 0.1) is 17.1 Å². The van der Waals surface area contributed by atoms with Gasteiger partial charge in [-0.2, -0.15) is 0 Å². The van der Waals surface area contributed by atoms with Crippen LogP contribution in [0.25, 0.3) is 0 Å². The fraction of sp³-hybridized carbons (Fsp3) is 0.375. The molecule has 0 spiro atoms. The number of carbonyl (C=O) groups excluding carboxylic acids is 1. The molecule has 3 N–H and O–H groups in total.